The largest absolute Gasteiger partial charge is 0.497 e. The van der Waals surface area contributed by atoms with Crippen molar-refractivity contribution in [2.24, 2.45) is 44.3 Å². The smallest absolute Gasteiger partial charge is 0.313 e. The molecule has 5 fully saturated rings. The Labute approximate surface area is 357 Å². The predicted octanol–water partition coefficient (Wildman–Crippen LogP) is 8.35. The second-order valence-electron chi connectivity index (χ2n) is 20.6. The molecule has 2 N–H and O–H groups in total. The summed E-state index contributed by atoms with van der Waals surface area (Å²) in [4.78, 5) is 45.6. The van der Waals surface area contributed by atoms with E-state index in [1.165, 1.54) is 12.1 Å². The van der Waals surface area contributed by atoms with E-state index in [2.05, 4.69) is 32.1 Å². The number of carbonyl (C=O) groups is 3. The van der Waals surface area contributed by atoms with E-state index in [4.69, 9.17) is 25.8 Å². The number of nitrogens with zero attached hydrogens (tertiary/aromatic N) is 1. The van der Waals surface area contributed by atoms with Crippen LogP contribution in [0.4, 0.5) is 4.39 Å². The summed E-state index contributed by atoms with van der Waals surface area (Å²) in [6, 6.07) is 9.91. The molecule has 4 saturated carbocycles. The van der Waals surface area contributed by atoms with Crippen molar-refractivity contribution in [1.29, 1.82) is 0 Å². The van der Waals surface area contributed by atoms with Gasteiger partial charge in [0.2, 0.25) is 0 Å². The first-order chi connectivity index (χ1) is 28.2. The number of halogens is 2. The minimum Gasteiger partial charge on any atom is -0.497 e. The van der Waals surface area contributed by atoms with Crippen molar-refractivity contribution in [3.63, 3.8) is 0 Å². The van der Waals surface area contributed by atoms with Crippen molar-refractivity contribution in [3.05, 3.63) is 82.2 Å². The van der Waals surface area contributed by atoms with E-state index in [0.29, 0.717) is 74.0 Å². The monoisotopic (exact) mass is 843 g/mol. The van der Waals surface area contributed by atoms with E-state index in [9.17, 15) is 19.8 Å². The molecule has 1 aliphatic heterocycles. The molecule has 1 amide bonds. The fourth-order valence-electron chi connectivity index (χ4n) is 14.3. The van der Waals surface area contributed by atoms with E-state index in [-0.39, 0.29) is 65.0 Å². The number of amides is 1. The molecule has 322 valence electrons. The number of benzene rings is 2. The molecule has 8 aliphatic rings. The summed E-state index contributed by atoms with van der Waals surface area (Å²) in [7, 11) is 3.14. The van der Waals surface area contributed by atoms with Crippen LogP contribution in [0.1, 0.15) is 104 Å². The topological polar surface area (TPSA) is 123 Å². The number of esters is 1. The van der Waals surface area contributed by atoms with Crippen molar-refractivity contribution in [2.75, 3.05) is 20.8 Å². The molecular weight excluding hydrogens is 785 g/mol. The van der Waals surface area contributed by atoms with E-state index in [1.807, 2.05) is 32.9 Å². The number of Topliss-reactive ketones (excluding diaryl/α,β-unsaturated/α-hetero) is 1. The van der Waals surface area contributed by atoms with Gasteiger partial charge in [-0.15, -0.1) is 0 Å². The number of hydrogen-bond acceptors (Lipinski definition) is 8. The van der Waals surface area contributed by atoms with Gasteiger partial charge in [0.25, 0.3) is 5.91 Å². The fraction of sp³-hybridized carbons (Fsp3) is 0.612. The Kier molecular flexibility index (Phi) is 9.29. The van der Waals surface area contributed by atoms with Crippen LogP contribution in [0.15, 0.2) is 60.2 Å². The number of aliphatic hydroxyl groups is 2. The van der Waals surface area contributed by atoms with Gasteiger partial charge in [0.05, 0.1) is 37.9 Å². The summed E-state index contributed by atoms with van der Waals surface area (Å²) in [5.74, 6) is -0.500. The lowest BCUT2D eigenvalue weighted by molar-refractivity contribution is -0.189. The molecule has 10 rings (SSSR count). The minimum atomic E-state index is -1.42. The fourth-order valence-corrected chi connectivity index (χ4v) is 14.5. The van der Waals surface area contributed by atoms with Gasteiger partial charge in [-0.3, -0.25) is 14.4 Å². The third kappa shape index (κ3) is 5.13. The summed E-state index contributed by atoms with van der Waals surface area (Å²) < 4.78 is 32.8. The first kappa shape index (κ1) is 41.6. The van der Waals surface area contributed by atoms with Gasteiger partial charge in [0, 0.05) is 62.4 Å². The maximum atomic E-state index is 15.4. The number of rotatable bonds is 10. The zero-order chi connectivity index (χ0) is 43.1. The zero-order valence-electron chi connectivity index (χ0n) is 36.0. The second kappa shape index (κ2) is 13.4. The molecule has 1 unspecified atom stereocenters. The number of ether oxygens (including phenoxy) is 3. The predicted molar refractivity (Wildman–Crippen MR) is 224 cm³/mol. The van der Waals surface area contributed by atoms with Crippen molar-refractivity contribution in [3.8, 4) is 11.5 Å². The van der Waals surface area contributed by atoms with Gasteiger partial charge >= 0.3 is 5.97 Å². The van der Waals surface area contributed by atoms with Gasteiger partial charge in [0.15, 0.2) is 11.4 Å². The molecule has 0 aromatic heterocycles. The van der Waals surface area contributed by atoms with Crippen LogP contribution in [-0.4, -0.2) is 70.8 Å². The number of ketones is 1. The first-order valence-corrected chi connectivity index (χ1v) is 22.1. The Morgan fingerprint density at radius 2 is 1.65 bits per heavy atom. The second-order valence-corrected chi connectivity index (χ2v) is 21.0. The molecule has 2 aromatic carbocycles. The lowest BCUT2D eigenvalue weighted by atomic mass is 9.32. The number of methoxy groups -OCH3 is 2. The van der Waals surface area contributed by atoms with Crippen molar-refractivity contribution < 1.29 is 43.2 Å². The third-order valence-electron chi connectivity index (χ3n) is 18.4. The van der Waals surface area contributed by atoms with Crippen LogP contribution in [0.5, 0.6) is 11.5 Å². The number of hydrogen-bond donors (Lipinski definition) is 2. The lowest BCUT2D eigenvalue weighted by Crippen LogP contribution is -2.68. The van der Waals surface area contributed by atoms with E-state index >= 15 is 9.18 Å². The summed E-state index contributed by atoms with van der Waals surface area (Å²) in [5, 5.41) is 24.8. The first-order valence-electron chi connectivity index (χ1n) is 21.8. The molecule has 10 atom stereocenters. The maximum absolute atomic E-state index is 15.4. The highest BCUT2D eigenvalue weighted by Crippen LogP contribution is 2.78. The van der Waals surface area contributed by atoms with Crippen LogP contribution in [0, 0.1) is 50.1 Å². The van der Waals surface area contributed by atoms with Crippen molar-refractivity contribution in [2.45, 2.75) is 123 Å². The van der Waals surface area contributed by atoms with Crippen LogP contribution in [-0.2, 0) is 32.1 Å². The lowest BCUT2D eigenvalue weighted by Gasteiger charge is -2.71. The van der Waals surface area contributed by atoms with Crippen LogP contribution in [0.2, 0.25) is 5.02 Å². The summed E-state index contributed by atoms with van der Waals surface area (Å²) in [6.07, 6.45) is 11.0. The SMILES string of the molecule is COc1ccc(CN(C[C@]2(O)CC[C@H]3[C@]45C=C[C@@]6(C=C4C(=O)Cc4c(F)cccc4Cl)CC(O)CC[C@]6(C)[C@H]5CC[C@@]32C)C(=O)[C@@]23CC[C@@](C)(C(=O)O2)C3(C)C)c(OC)c1. The molecule has 1 saturated heterocycles. The number of fused-ring (bicyclic) bond motifs is 3. The van der Waals surface area contributed by atoms with Crippen LogP contribution in [0.25, 0.3) is 0 Å². The van der Waals surface area contributed by atoms with E-state index in [0.717, 1.165) is 6.42 Å². The third-order valence-corrected chi connectivity index (χ3v) is 18.8. The van der Waals surface area contributed by atoms with Gasteiger partial charge in [0.1, 0.15) is 17.3 Å². The van der Waals surface area contributed by atoms with Gasteiger partial charge in [-0.25, -0.2) is 4.39 Å². The molecule has 2 spiro atoms. The Hall–Kier alpha value is -3.73. The Morgan fingerprint density at radius 3 is 2.32 bits per heavy atom. The van der Waals surface area contributed by atoms with Crippen molar-refractivity contribution >= 4 is 29.3 Å². The number of allylic oxidation sites excluding steroid dienone is 4. The van der Waals surface area contributed by atoms with Crippen LogP contribution >= 0.6 is 11.6 Å². The van der Waals surface area contributed by atoms with Gasteiger partial charge in [-0.2, -0.15) is 0 Å². The van der Waals surface area contributed by atoms with Crippen LogP contribution < -0.4 is 9.47 Å². The quantitative estimate of drug-likeness (QED) is 0.181. The molecule has 4 bridgehead atoms. The number of aliphatic hydroxyl groups excluding tert-OH is 1. The Balaban J connectivity index is 1.14. The highest BCUT2D eigenvalue weighted by atomic mass is 35.5. The van der Waals surface area contributed by atoms with E-state index in [1.54, 1.807) is 31.3 Å². The normalized spacial score (nSPS) is 40.3. The number of carbonyl (C=O) groups excluding carboxylic acids is 3. The highest BCUT2D eigenvalue weighted by molar-refractivity contribution is 6.31. The molecular formula is C49H59ClFNO8. The van der Waals surface area contributed by atoms with Gasteiger partial charge in [-0.1, -0.05) is 63.6 Å². The molecule has 7 aliphatic carbocycles. The molecule has 0 radical (unpaired) electrons. The van der Waals surface area contributed by atoms with Crippen LogP contribution in [0.3, 0.4) is 0 Å². The minimum absolute atomic E-state index is 0.0259. The zero-order valence-corrected chi connectivity index (χ0v) is 36.7. The summed E-state index contributed by atoms with van der Waals surface area (Å²) in [6.45, 7) is 10.3. The molecule has 2 aromatic rings. The highest BCUT2D eigenvalue weighted by Gasteiger charge is 2.78. The summed E-state index contributed by atoms with van der Waals surface area (Å²) in [5.41, 5.74) is -5.35. The average Bonchev–Trinajstić information content (AvgIpc) is 3.66. The summed E-state index contributed by atoms with van der Waals surface area (Å²) >= 11 is 6.53. The van der Waals surface area contributed by atoms with Gasteiger partial charge in [-0.05, 0) is 106 Å². The average molecular weight is 844 g/mol. The Bertz CT molecular complexity index is 2240. The molecule has 11 heteroatoms. The van der Waals surface area contributed by atoms with Crippen molar-refractivity contribution in [1.82, 2.24) is 4.90 Å². The molecule has 1 heterocycles. The van der Waals surface area contributed by atoms with E-state index < -0.39 is 50.2 Å². The maximum Gasteiger partial charge on any atom is 0.313 e. The molecule has 60 heavy (non-hydrogen) atoms. The Morgan fingerprint density at radius 1 is 0.933 bits per heavy atom. The standard InChI is InChI=1S/C49H59ClFNO8/c1-42(2)45(5)19-22-49(42,60-41(45)56)40(55)52(27-29-11-12-31(58-6)23-37(29)59-7)28-47(57)18-15-39-44(47,4)17-14-38-43(3)16-13-30(53)25-46(43)20-21-48(38,39)33(26-46)36(54)24-32-34(50)9-8-10-35(32)51/h8-12,20-21,23,26,30,38-39,53,57H,13-19,22,24-25,27-28H2,1-7H3/t30?,38-,39-,43-,44+,45+,46+,47-,48-,49-/m1/s1. The van der Waals surface area contributed by atoms with Gasteiger partial charge < -0.3 is 29.3 Å². The molecule has 9 nitrogen and oxygen atoms in total.